The van der Waals surface area contributed by atoms with Gasteiger partial charge >= 0.3 is 0 Å². The highest BCUT2D eigenvalue weighted by Gasteiger charge is 2.58. The molecule has 71 heavy (non-hydrogen) atoms. The van der Waals surface area contributed by atoms with Gasteiger partial charge in [-0.15, -0.1) is 19.7 Å². The molecule has 6 heterocycles. The molecule has 6 aliphatic heterocycles. The van der Waals surface area contributed by atoms with E-state index in [-0.39, 0.29) is 87.1 Å². The van der Waals surface area contributed by atoms with Crippen molar-refractivity contribution in [3.63, 3.8) is 0 Å². The summed E-state index contributed by atoms with van der Waals surface area (Å²) in [6.45, 7) is 25.8. The van der Waals surface area contributed by atoms with Crippen molar-refractivity contribution < 1.29 is 71.5 Å². The minimum absolute atomic E-state index is 0. The minimum Gasteiger partial charge on any atom is -0.396 e. The van der Waals surface area contributed by atoms with E-state index in [1.807, 2.05) is 66.7 Å². The summed E-state index contributed by atoms with van der Waals surface area (Å²) in [6.07, 6.45) is 14.6. The highest BCUT2D eigenvalue weighted by Crippen LogP contribution is 2.44. The number of methoxy groups -OCH3 is 4. The van der Waals surface area contributed by atoms with E-state index in [4.69, 9.17) is 56.8 Å². The summed E-state index contributed by atoms with van der Waals surface area (Å²) >= 11 is 0. The second-order valence-electron chi connectivity index (χ2n) is 20.3. The number of carbonyl (C=O) groups is 1. The Hall–Kier alpha value is -2.45. The number of hydrogen-bond donors (Lipinski definition) is 1. The summed E-state index contributed by atoms with van der Waals surface area (Å²) in [7, 11) is 6.56. The summed E-state index contributed by atoms with van der Waals surface area (Å²) in [6, 6.07) is 10.7. The number of aryl methyl sites for hydroxylation is 1. The van der Waals surface area contributed by atoms with E-state index < -0.39 is 29.9 Å². The Labute approximate surface area is 427 Å². The van der Waals surface area contributed by atoms with E-state index in [9.17, 15) is 9.90 Å². The normalized spacial score (nSPS) is 32.4. The van der Waals surface area contributed by atoms with Crippen molar-refractivity contribution in [2.75, 3.05) is 41.7 Å². The zero-order valence-corrected chi connectivity index (χ0v) is 44.3. The molecule has 408 valence electrons. The monoisotopic (exact) mass is 1010 g/mol. The third kappa shape index (κ3) is 19.0. The van der Waals surface area contributed by atoms with Crippen molar-refractivity contribution >= 4 is 6.29 Å². The number of carbonyl (C=O) groups excluding carboxylic acids is 1. The summed E-state index contributed by atoms with van der Waals surface area (Å²) in [5.41, 5.74) is 1.42. The second-order valence-corrected chi connectivity index (χ2v) is 20.3. The molecule has 6 fully saturated rings. The molecule has 6 saturated heterocycles. The molecule has 3 unspecified atom stereocenters. The van der Waals surface area contributed by atoms with Crippen LogP contribution in [-0.4, -0.2) is 144 Å². The fraction of sp³-hybridized carbons (Fsp3) is 0.768. The maximum absolute atomic E-state index is 10.8. The molecule has 0 bridgehead atoms. The van der Waals surface area contributed by atoms with Crippen LogP contribution >= 0.6 is 0 Å². The quantitative estimate of drug-likeness (QED) is 0.0593. The first-order chi connectivity index (χ1) is 33.4. The maximum Gasteiger partial charge on any atom is 0.186 e. The van der Waals surface area contributed by atoms with Crippen LogP contribution in [0.4, 0.5) is 0 Å². The van der Waals surface area contributed by atoms with Gasteiger partial charge in [0.15, 0.2) is 36.2 Å². The lowest BCUT2D eigenvalue weighted by atomic mass is 9.90. The first-order valence-corrected chi connectivity index (χ1v) is 25.5. The van der Waals surface area contributed by atoms with Crippen molar-refractivity contribution in [2.45, 2.75) is 218 Å². The molecular weight excluding hydrogens is 913 g/mol. The van der Waals surface area contributed by atoms with E-state index in [0.717, 1.165) is 51.4 Å². The van der Waals surface area contributed by atoms with E-state index in [1.165, 1.54) is 24.8 Å². The molecule has 15 nitrogen and oxygen atoms in total. The van der Waals surface area contributed by atoms with Crippen LogP contribution in [0.1, 0.15) is 126 Å². The van der Waals surface area contributed by atoms with Crippen molar-refractivity contribution in [3.8, 4) is 0 Å². The highest BCUT2D eigenvalue weighted by molar-refractivity contribution is 5.49. The molecule has 0 aromatic heterocycles. The Morgan fingerprint density at radius 2 is 0.944 bits per heavy atom. The summed E-state index contributed by atoms with van der Waals surface area (Å²) < 4.78 is 74.1. The standard InChI is InChI=1S/C23H34O4.C15H24O5.C14H24O5.C3H8O.CH4/c1-5-11-18(15-10-9-14-17-12-7-6-8-13-17)16-19-20-21(22(24-4)25-19)27-23(2,3)26-20;1-5-6-10(7-8-16)9-11-12-13(14(17-4)18-11)20-15(2,3)19-12;1-5-6-9(8-15)7-10-11-12(13(16-4)17-10)19-14(2,3)18-11;1-3-4-2;/h5-8,12-13,18-22H,1,9-11,14-16H2,2-4H3;5,8,10-14H,1,6-7,9H2,2-4H3;5,9-13,15H,1,6-8H2,2-4H3;3H2,1-2H3;1H4/t18-,19-,20?,21+,22-;10-,11-,12?,13+,14-;9-,10+,11?,12-,13+;;/m110../s1. The van der Waals surface area contributed by atoms with Gasteiger partial charge in [0, 0.05) is 48.1 Å². The van der Waals surface area contributed by atoms with Gasteiger partial charge in [-0.2, -0.15) is 0 Å². The Bertz CT molecular complexity index is 1650. The van der Waals surface area contributed by atoms with Gasteiger partial charge in [0.1, 0.15) is 42.9 Å². The number of allylic oxidation sites excluding steroid dienone is 3. The van der Waals surface area contributed by atoms with E-state index in [1.54, 1.807) is 28.4 Å². The summed E-state index contributed by atoms with van der Waals surface area (Å²) in [4.78, 5) is 10.8. The largest absolute Gasteiger partial charge is 0.396 e. The van der Waals surface area contributed by atoms with Crippen LogP contribution in [0.3, 0.4) is 0 Å². The molecule has 0 spiro atoms. The van der Waals surface area contributed by atoms with Crippen LogP contribution in [0.2, 0.25) is 0 Å². The average molecular weight is 1010 g/mol. The molecule has 7 rings (SSSR count). The van der Waals surface area contributed by atoms with Gasteiger partial charge in [-0.1, -0.05) is 68.8 Å². The molecule has 15 heteroatoms. The zero-order valence-electron chi connectivity index (χ0n) is 44.3. The minimum atomic E-state index is -0.618. The number of hydrogen-bond acceptors (Lipinski definition) is 15. The lowest BCUT2D eigenvalue weighted by Crippen LogP contribution is -2.31. The topological polar surface area (TPSA) is 157 Å². The van der Waals surface area contributed by atoms with Crippen LogP contribution in [-0.2, 0) is 72.8 Å². The smallest absolute Gasteiger partial charge is 0.186 e. The van der Waals surface area contributed by atoms with E-state index in [0.29, 0.717) is 18.8 Å². The third-order valence-corrected chi connectivity index (χ3v) is 13.4. The van der Waals surface area contributed by atoms with Gasteiger partial charge in [0.25, 0.3) is 0 Å². The molecule has 1 aromatic carbocycles. The van der Waals surface area contributed by atoms with Gasteiger partial charge < -0.3 is 71.5 Å². The second kappa shape index (κ2) is 30.8. The number of rotatable bonds is 24. The summed E-state index contributed by atoms with van der Waals surface area (Å²) in [5.74, 6) is -0.900. The first-order valence-electron chi connectivity index (χ1n) is 25.5. The van der Waals surface area contributed by atoms with Crippen molar-refractivity contribution in [3.05, 3.63) is 73.9 Å². The third-order valence-electron chi connectivity index (χ3n) is 13.4. The van der Waals surface area contributed by atoms with Crippen LogP contribution in [0, 0.1) is 17.8 Å². The molecule has 0 saturated carbocycles. The Kier molecular flexibility index (Phi) is 27.3. The van der Waals surface area contributed by atoms with Gasteiger partial charge in [-0.25, -0.2) is 0 Å². The maximum atomic E-state index is 10.8. The number of unbranched alkanes of at least 4 members (excludes halogenated alkanes) is 1. The summed E-state index contributed by atoms with van der Waals surface area (Å²) in [5, 5.41) is 9.38. The number of aliphatic hydroxyl groups is 1. The number of aliphatic hydroxyl groups excluding tert-OH is 1. The van der Waals surface area contributed by atoms with Crippen molar-refractivity contribution in [1.29, 1.82) is 0 Å². The van der Waals surface area contributed by atoms with Gasteiger partial charge in [0.2, 0.25) is 0 Å². The Morgan fingerprint density at radius 1 is 0.577 bits per heavy atom. The van der Waals surface area contributed by atoms with Gasteiger partial charge in [-0.3, -0.25) is 0 Å². The van der Waals surface area contributed by atoms with E-state index in [2.05, 4.69) is 54.8 Å². The first kappa shape index (κ1) is 62.8. The fourth-order valence-corrected chi connectivity index (χ4v) is 10.2. The number of benzene rings is 1. The highest BCUT2D eigenvalue weighted by atomic mass is 16.8. The molecule has 1 aromatic rings. The Balaban J connectivity index is 0.000000274. The molecule has 6 aliphatic rings. The fourth-order valence-electron chi connectivity index (χ4n) is 10.2. The Morgan fingerprint density at radius 3 is 1.31 bits per heavy atom. The van der Waals surface area contributed by atoms with Crippen LogP contribution in [0.25, 0.3) is 0 Å². The van der Waals surface area contributed by atoms with E-state index >= 15 is 0 Å². The molecule has 0 radical (unpaired) electrons. The molecular formula is C56H94O15. The van der Waals surface area contributed by atoms with Crippen LogP contribution in [0.5, 0.6) is 0 Å². The number of aldehydes is 1. The number of fused-ring (bicyclic) bond motifs is 3. The predicted molar refractivity (Wildman–Crippen MR) is 273 cm³/mol. The zero-order chi connectivity index (χ0) is 51.5. The van der Waals surface area contributed by atoms with Crippen LogP contribution in [0.15, 0.2) is 68.3 Å². The molecule has 1 N–H and O–H groups in total. The SMILES string of the molecule is C.C=CC[C@H](CC=O)C[C@H]1O[C@@H](OC)[C@H]2OC(C)(C)OC12.C=CC[C@H](CCCCc1ccccc1)C[C@H]1O[C@@H](OC)[C@H]2OC(C)(C)OC12.C=CC[C@H](CO)C[C@H]1O[C@@H](OC)[C@H]2OC(C)(C)OC12.CCOC. The lowest BCUT2D eigenvalue weighted by molar-refractivity contribution is -0.228. The molecule has 0 amide bonds. The number of ether oxygens (including phenoxy) is 13. The molecule has 15 atom stereocenters. The van der Waals surface area contributed by atoms with Gasteiger partial charge in [-0.05, 0) is 123 Å². The molecule has 0 aliphatic carbocycles. The van der Waals surface area contributed by atoms with Crippen LogP contribution < -0.4 is 0 Å². The van der Waals surface area contributed by atoms with Crippen molar-refractivity contribution in [2.24, 2.45) is 17.8 Å². The lowest BCUT2D eigenvalue weighted by Gasteiger charge is -2.26. The average Bonchev–Trinajstić information content (AvgIpc) is 4.15. The predicted octanol–water partition coefficient (Wildman–Crippen LogP) is 9.66. The van der Waals surface area contributed by atoms with Gasteiger partial charge in [0.05, 0.1) is 18.3 Å². The van der Waals surface area contributed by atoms with Crippen molar-refractivity contribution in [1.82, 2.24) is 0 Å².